The van der Waals surface area contributed by atoms with Crippen LogP contribution in [0.15, 0.2) is 55.0 Å². The minimum Gasteiger partial charge on any atom is -0.493 e. The first kappa shape index (κ1) is 21.1. The van der Waals surface area contributed by atoms with Crippen LogP contribution in [0.25, 0.3) is 11.3 Å². The van der Waals surface area contributed by atoms with Gasteiger partial charge in [-0.3, -0.25) is 14.8 Å². The van der Waals surface area contributed by atoms with E-state index < -0.39 is 0 Å². The molecule has 0 saturated heterocycles. The number of nitriles is 1. The molecule has 1 aliphatic carbocycles. The summed E-state index contributed by atoms with van der Waals surface area (Å²) in [6.07, 6.45) is 9.68. The van der Waals surface area contributed by atoms with E-state index in [1.807, 2.05) is 24.3 Å². The molecule has 166 valence electrons. The van der Waals surface area contributed by atoms with Crippen molar-refractivity contribution in [3.8, 4) is 23.1 Å². The zero-order valence-corrected chi connectivity index (χ0v) is 18.7. The number of carbonyl (C=O) groups excluding carboxylic acids is 1. The number of anilines is 1. The largest absolute Gasteiger partial charge is 0.493 e. The van der Waals surface area contributed by atoms with Crippen LogP contribution in [0.3, 0.4) is 0 Å². The topological polar surface area (TPSA) is 87.9 Å². The third kappa shape index (κ3) is 3.95. The molecule has 0 unspecified atom stereocenters. The van der Waals surface area contributed by atoms with E-state index in [0.717, 1.165) is 65.9 Å². The molecule has 3 aromatic rings. The molecule has 33 heavy (non-hydrogen) atoms. The molecule has 2 atom stereocenters. The van der Waals surface area contributed by atoms with Crippen LogP contribution < -0.4 is 10.1 Å². The second kappa shape index (κ2) is 8.67. The number of hydrogen-bond donors (Lipinski definition) is 1. The predicted octanol–water partition coefficient (Wildman–Crippen LogP) is 5.04. The Morgan fingerprint density at radius 1 is 1.27 bits per heavy atom. The van der Waals surface area contributed by atoms with E-state index in [1.165, 1.54) is 0 Å². The number of rotatable bonds is 6. The summed E-state index contributed by atoms with van der Waals surface area (Å²) in [7, 11) is 0. The van der Waals surface area contributed by atoms with Gasteiger partial charge < -0.3 is 10.1 Å². The molecular formula is C27H26N4O2. The molecule has 1 spiro atoms. The molecule has 1 aromatic heterocycles. The molecule has 0 bridgehead atoms. The Kier molecular flexibility index (Phi) is 5.55. The molecule has 1 amide bonds. The summed E-state index contributed by atoms with van der Waals surface area (Å²) < 4.78 is 5.93. The molecule has 2 aliphatic rings. The first-order valence-electron chi connectivity index (χ1n) is 11.5. The molecule has 2 heterocycles. The Morgan fingerprint density at radius 3 is 2.97 bits per heavy atom. The number of ether oxygens (including phenoxy) is 1. The summed E-state index contributed by atoms with van der Waals surface area (Å²) >= 11 is 0. The summed E-state index contributed by atoms with van der Waals surface area (Å²) in [4.78, 5) is 22.0. The highest BCUT2D eigenvalue weighted by molar-refractivity contribution is 5.97. The minimum atomic E-state index is -0.216. The molecule has 1 aliphatic heterocycles. The van der Waals surface area contributed by atoms with Crippen molar-refractivity contribution in [2.75, 3.05) is 11.9 Å². The van der Waals surface area contributed by atoms with Gasteiger partial charge >= 0.3 is 0 Å². The van der Waals surface area contributed by atoms with Crippen LogP contribution >= 0.6 is 0 Å². The zero-order chi connectivity index (χ0) is 22.8. The number of nitrogens with one attached hydrogen (secondary N) is 1. The van der Waals surface area contributed by atoms with E-state index in [0.29, 0.717) is 12.2 Å². The summed E-state index contributed by atoms with van der Waals surface area (Å²) in [5.41, 5.74) is 5.03. The van der Waals surface area contributed by atoms with E-state index >= 15 is 0 Å². The summed E-state index contributed by atoms with van der Waals surface area (Å²) in [6, 6.07) is 13.8. The van der Waals surface area contributed by atoms with Crippen molar-refractivity contribution in [1.82, 2.24) is 9.97 Å². The van der Waals surface area contributed by atoms with Crippen molar-refractivity contribution >= 4 is 11.6 Å². The maximum atomic E-state index is 13.4. The van der Waals surface area contributed by atoms with Crippen molar-refractivity contribution in [3.05, 3.63) is 71.7 Å². The van der Waals surface area contributed by atoms with Crippen LogP contribution in [0.2, 0.25) is 0 Å². The van der Waals surface area contributed by atoms with Gasteiger partial charge in [0.2, 0.25) is 5.91 Å². The Balaban J connectivity index is 1.42. The van der Waals surface area contributed by atoms with Gasteiger partial charge in [0.05, 0.1) is 30.1 Å². The molecule has 2 aromatic carbocycles. The number of hydrogen-bond acceptors (Lipinski definition) is 5. The van der Waals surface area contributed by atoms with E-state index in [4.69, 9.17) is 4.74 Å². The van der Waals surface area contributed by atoms with Gasteiger partial charge in [-0.25, -0.2) is 0 Å². The van der Waals surface area contributed by atoms with Crippen LogP contribution in [0, 0.1) is 17.2 Å². The number of amides is 1. The van der Waals surface area contributed by atoms with Gasteiger partial charge in [-0.1, -0.05) is 19.4 Å². The average Bonchev–Trinajstić information content (AvgIpc) is 3.58. The van der Waals surface area contributed by atoms with Crippen LogP contribution in [0.1, 0.15) is 49.3 Å². The van der Waals surface area contributed by atoms with Gasteiger partial charge in [0, 0.05) is 40.5 Å². The van der Waals surface area contributed by atoms with E-state index in [-0.39, 0.29) is 17.2 Å². The Hall–Kier alpha value is -3.72. The quantitative estimate of drug-likeness (QED) is 0.583. The van der Waals surface area contributed by atoms with E-state index in [2.05, 4.69) is 34.3 Å². The van der Waals surface area contributed by atoms with Gasteiger partial charge in [0.1, 0.15) is 5.75 Å². The molecular weight excluding hydrogens is 412 g/mol. The molecule has 0 radical (unpaired) electrons. The number of nitrogens with zero attached hydrogens (tertiary/aromatic N) is 3. The van der Waals surface area contributed by atoms with Gasteiger partial charge in [-0.15, -0.1) is 0 Å². The fourth-order valence-electron chi connectivity index (χ4n) is 4.92. The molecule has 1 saturated carbocycles. The number of benzene rings is 2. The van der Waals surface area contributed by atoms with Crippen LogP contribution in [-0.2, 0) is 16.6 Å². The average molecular weight is 439 g/mol. The highest BCUT2D eigenvalue weighted by Gasteiger charge is 2.61. The molecule has 1 fully saturated rings. The molecule has 6 heteroatoms. The van der Waals surface area contributed by atoms with Gasteiger partial charge in [0.25, 0.3) is 0 Å². The summed E-state index contributed by atoms with van der Waals surface area (Å²) in [5, 5.41) is 12.5. The second-order valence-corrected chi connectivity index (χ2v) is 8.89. The summed E-state index contributed by atoms with van der Waals surface area (Å²) in [5.74, 6) is 0.738. The van der Waals surface area contributed by atoms with Gasteiger partial charge in [0.15, 0.2) is 0 Å². The van der Waals surface area contributed by atoms with E-state index in [1.54, 1.807) is 24.7 Å². The Bertz CT molecular complexity index is 1230. The lowest BCUT2D eigenvalue weighted by atomic mass is 9.86. The third-order valence-electron chi connectivity index (χ3n) is 6.87. The monoisotopic (exact) mass is 438 g/mol. The fourth-order valence-corrected chi connectivity index (χ4v) is 4.92. The fraction of sp³-hybridized carbons (Fsp3) is 0.333. The summed E-state index contributed by atoms with van der Waals surface area (Å²) in [6.45, 7) is 2.75. The lowest BCUT2D eigenvalue weighted by molar-refractivity contribution is -0.117. The van der Waals surface area contributed by atoms with Gasteiger partial charge in [-0.2, -0.15) is 5.26 Å². The van der Waals surface area contributed by atoms with Crippen molar-refractivity contribution < 1.29 is 9.53 Å². The lowest BCUT2D eigenvalue weighted by Crippen LogP contribution is -2.27. The normalized spacial score (nSPS) is 20.4. The minimum absolute atomic E-state index is 0.0144. The highest BCUT2D eigenvalue weighted by atomic mass is 16.5. The SMILES string of the molecule is CCCCc1ccc(C#N)cc1NC(=O)[C@@H]1C[C@]12CCOc1ccc(-c3cnccn3)cc12. The van der Waals surface area contributed by atoms with Crippen LogP contribution in [0.4, 0.5) is 5.69 Å². The first-order valence-corrected chi connectivity index (χ1v) is 11.5. The van der Waals surface area contributed by atoms with Gasteiger partial charge in [-0.05, 0) is 61.6 Å². The third-order valence-corrected chi connectivity index (χ3v) is 6.87. The highest BCUT2D eigenvalue weighted by Crippen LogP contribution is 2.61. The lowest BCUT2D eigenvalue weighted by Gasteiger charge is -2.27. The standard InChI is InChI=1S/C27H26N4O2/c1-2-3-4-19-6-5-18(16-28)13-23(19)31-26(32)22-15-27(22)9-12-33-25-8-7-20(14-21(25)27)24-17-29-10-11-30-24/h5-8,10-11,13-14,17,22H,2-4,9,12,15H2,1H3,(H,31,32)/t22-,27-/m0/s1. The van der Waals surface area contributed by atoms with E-state index in [9.17, 15) is 10.1 Å². The number of aromatic nitrogens is 2. The van der Waals surface area contributed by atoms with Crippen molar-refractivity contribution in [2.24, 2.45) is 5.92 Å². The van der Waals surface area contributed by atoms with Crippen LogP contribution in [0.5, 0.6) is 5.75 Å². The molecule has 6 nitrogen and oxygen atoms in total. The number of carbonyl (C=O) groups is 1. The maximum absolute atomic E-state index is 13.4. The Labute approximate surface area is 193 Å². The van der Waals surface area contributed by atoms with Crippen molar-refractivity contribution in [3.63, 3.8) is 0 Å². The number of fused-ring (bicyclic) bond motifs is 2. The number of aryl methyl sites for hydroxylation is 1. The van der Waals surface area contributed by atoms with Crippen molar-refractivity contribution in [1.29, 1.82) is 5.26 Å². The maximum Gasteiger partial charge on any atom is 0.228 e. The Morgan fingerprint density at radius 2 is 2.18 bits per heavy atom. The van der Waals surface area contributed by atoms with Crippen LogP contribution in [-0.4, -0.2) is 22.5 Å². The zero-order valence-electron chi connectivity index (χ0n) is 18.7. The molecule has 1 N–H and O–H groups in total. The second-order valence-electron chi connectivity index (χ2n) is 8.89. The van der Waals surface area contributed by atoms with Crippen molar-refractivity contribution in [2.45, 2.75) is 44.4 Å². The number of unbranched alkanes of at least 4 members (excludes halogenated alkanes) is 1. The predicted molar refractivity (Wildman–Crippen MR) is 126 cm³/mol. The molecule has 5 rings (SSSR count). The smallest absolute Gasteiger partial charge is 0.228 e. The first-order chi connectivity index (χ1) is 16.1.